The molecule has 0 fully saturated rings. The van der Waals surface area contributed by atoms with Crippen LogP contribution in [0.5, 0.6) is 0 Å². The molecular formula is C15H21N3. The van der Waals surface area contributed by atoms with Gasteiger partial charge in [0, 0.05) is 19.3 Å². The molecule has 0 aliphatic rings. The van der Waals surface area contributed by atoms with Gasteiger partial charge in [-0.05, 0) is 31.4 Å². The summed E-state index contributed by atoms with van der Waals surface area (Å²) >= 11 is 0. The van der Waals surface area contributed by atoms with E-state index in [4.69, 9.17) is 0 Å². The van der Waals surface area contributed by atoms with Crippen LogP contribution in [0.1, 0.15) is 36.7 Å². The van der Waals surface area contributed by atoms with E-state index in [1.54, 1.807) is 0 Å². The zero-order valence-electron chi connectivity index (χ0n) is 11.6. The molecule has 1 unspecified atom stereocenters. The summed E-state index contributed by atoms with van der Waals surface area (Å²) in [5, 5.41) is 8.01. The molecule has 1 heterocycles. The Bertz CT molecular complexity index is 528. The van der Waals surface area contributed by atoms with Crippen LogP contribution >= 0.6 is 0 Å². The molecule has 96 valence electrons. The average Bonchev–Trinajstić information content (AvgIpc) is 2.70. The number of nitrogens with zero attached hydrogens (tertiary/aromatic N) is 2. The van der Waals surface area contributed by atoms with E-state index in [1.807, 2.05) is 17.9 Å². The maximum atomic E-state index is 4.45. The largest absolute Gasteiger partial charge is 0.376 e. The third-order valence-corrected chi connectivity index (χ3v) is 3.27. The molecule has 3 heteroatoms. The zero-order valence-corrected chi connectivity index (χ0v) is 11.6. The average molecular weight is 243 g/mol. The number of benzene rings is 1. The number of nitrogens with one attached hydrogen (secondary N) is 1. The normalized spacial score (nSPS) is 12.4. The van der Waals surface area contributed by atoms with Crippen molar-refractivity contribution in [3.63, 3.8) is 0 Å². The monoisotopic (exact) mass is 243 g/mol. The van der Waals surface area contributed by atoms with Gasteiger partial charge < -0.3 is 5.32 Å². The van der Waals surface area contributed by atoms with Crippen molar-refractivity contribution in [1.82, 2.24) is 9.78 Å². The third kappa shape index (κ3) is 2.55. The number of aryl methyl sites for hydroxylation is 3. The molecule has 1 aromatic heterocycles. The van der Waals surface area contributed by atoms with E-state index in [0.717, 1.165) is 17.8 Å². The van der Waals surface area contributed by atoms with Gasteiger partial charge in [-0.1, -0.05) is 31.2 Å². The van der Waals surface area contributed by atoms with E-state index in [0.29, 0.717) is 6.04 Å². The fraction of sp³-hybridized carbons (Fsp3) is 0.400. The molecular weight excluding hydrogens is 222 g/mol. The minimum atomic E-state index is 0.292. The molecule has 2 aromatic rings. The molecule has 0 aliphatic carbocycles. The third-order valence-electron chi connectivity index (χ3n) is 3.27. The Balaban J connectivity index is 2.21. The van der Waals surface area contributed by atoms with Crippen molar-refractivity contribution >= 4 is 5.69 Å². The Kier molecular flexibility index (Phi) is 3.70. The maximum Gasteiger partial charge on any atom is 0.0853 e. The van der Waals surface area contributed by atoms with Crippen LogP contribution in [-0.4, -0.2) is 9.78 Å². The first-order chi connectivity index (χ1) is 8.61. The molecule has 1 N–H and O–H groups in total. The summed E-state index contributed by atoms with van der Waals surface area (Å²) in [7, 11) is 1.96. The predicted octanol–water partition coefficient (Wildman–Crippen LogP) is 3.46. The van der Waals surface area contributed by atoms with Crippen molar-refractivity contribution in [3.8, 4) is 0 Å². The number of anilines is 1. The molecule has 0 bridgehead atoms. The lowest BCUT2D eigenvalue weighted by molar-refractivity contribution is 0.746. The van der Waals surface area contributed by atoms with Crippen LogP contribution in [0.2, 0.25) is 0 Å². The summed E-state index contributed by atoms with van der Waals surface area (Å²) in [5.41, 5.74) is 4.91. The van der Waals surface area contributed by atoms with Crippen molar-refractivity contribution in [2.24, 2.45) is 7.05 Å². The summed E-state index contributed by atoms with van der Waals surface area (Å²) in [4.78, 5) is 0. The number of rotatable bonds is 4. The van der Waals surface area contributed by atoms with Crippen LogP contribution in [0.4, 0.5) is 5.69 Å². The van der Waals surface area contributed by atoms with E-state index in [1.165, 1.54) is 11.1 Å². The highest BCUT2D eigenvalue weighted by atomic mass is 15.3. The van der Waals surface area contributed by atoms with Crippen molar-refractivity contribution in [1.29, 1.82) is 0 Å². The lowest BCUT2D eigenvalue weighted by atomic mass is 10.0. The van der Waals surface area contributed by atoms with Crippen molar-refractivity contribution in [3.05, 3.63) is 47.3 Å². The Morgan fingerprint density at radius 3 is 2.72 bits per heavy atom. The van der Waals surface area contributed by atoms with Crippen molar-refractivity contribution < 1.29 is 0 Å². The minimum absolute atomic E-state index is 0.292. The van der Waals surface area contributed by atoms with Gasteiger partial charge in [0.2, 0.25) is 0 Å². The van der Waals surface area contributed by atoms with Gasteiger partial charge >= 0.3 is 0 Å². The highest BCUT2D eigenvalue weighted by Gasteiger charge is 2.11. The van der Waals surface area contributed by atoms with Crippen molar-refractivity contribution in [2.45, 2.75) is 33.2 Å². The predicted molar refractivity (Wildman–Crippen MR) is 75.8 cm³/mol. The van der Waals surface area contributed by atoms with Crippen LogP contribution in [0.15, 0.2) is 30.5 Å². The molecule has 0 spiro atoms. The van der Waals surface area contributed by atoms with E-state index in [-0.39, 0.29) is 0 Å². The van der Waals surface area contributed by atoms with E-state index >= 15 is 0 Å². The Labute approximate surface area is 109 Å². The van der Waals surface area contributed by atoms with E-state index < -0.39 is 0 Å². The molecule has 0 aliphatic heterocycles. The van der Waals surface area contributed by atoms with E-state index in [9.17, 15) is 0 Å². The van der Waals surface area contributed by atoms with E-state index in [2.05, 4.69) is 55.5 Å². The Hall–Kier alpha value is -1.77. The Morgan fingerprint density at radius 1 is 1.33 bits per heavy atom. The van der Waals surface area contributed by atoms with Gasteiger partial charge in [0.1, 0.15) is 0 Å². The first-order valence-electron chi connectivity index (χ1n) is 6.46. The maximum absolute atomic E-state index is 4.45. The molecule has 0 radical (unpaired) electrons. The SMILES string of the molecule is CCc1nn(C)cc1NC(C)c1ccccc1C. The van der Waals surface area contributed by atoms with Crippen LogP contribution in [0.3, 0.4) is 0 Å². The summed E-state index contributed by atoms with van der Waals surface area (Å²) in [6.45, 7) is 6.47. The molecule has 2 rings (SSSR count). The van der Waals surface area contributed by atoms with Gasteiger partial charge in [-0.25, -0.2) is 0 Å². The number of hydrogen-bond donors (Lipinski definition) is 1. The lowest BCUT2D eigenvalue weighted by Gasteiger charge is -2.17. The summed E-state index contributed by atoms with van der Waals surface area (Å²) < 4.78 is 1.87. The number of hydrogen-bond acceptors (Lipinski definition) is 2. The lowest BCUT2D eigenvalue weighted by Crippen LogP contribution is -2.08. The second-order valence-corrected chi connectivity index (χ2v) is 4.74. The quantitative estimate of drug-likeness (QED) is 0.891. The van der Waals surface area contributed by atoms with Gasteiger partial charge in [0.05, 0.1) is 11.4 Å². The fourth-order valence-corrected chi connectivity index (χ4v) is 2.30. The molecule has 3 nitrogen and oxygen atoms in total. The molecule has 0 saturated heterocycles. The highest BCUT2D eigenvalue weighted by Crippen LogP contribution is 2.23. The van der Waals surface area contributed by atoms with Crippen molar-refractivity contribution in [2.75, 3.05) is 5.32 Å². The first kappa shape index (κ1) is 12.7. The first-order valence-corrected chi connectivity index (χ1v) is 6.46. The standard InChI is InChI=1S/C15H21N3/c1-5-14-15(10-18(4)17-14)16-12(3)13-9-7-6-8-11(13)2/h6-10,12,16H,5H2,1-4H3. The zero-order chi connectivity index (χ0) is 13.1. The van der Waals surface area contributed by atoms with Gasteiger partial charge in [-0.15, -0.1) is 0 Å². The van der Waals surface area contributed by atoms with Crippen LogP contribution in [-0.2, 0) is 13.5 Å². The Morgan fingerprint density at radius 2 is 2.06 bits per heavy atom. The summed E-state index contributed by atoms with van der Waals surface area (Å²) in [6, 6.07) is 8.78. The molecule has 1 atom stereocenters. The molecule has 0 amide bonds. The second kappa shape index (κ2) is 5.25. The summed E-state index contributed by atoms with van der Waals surface area (Å²) in [6.07, 6.45) is 3.00. The smallest absolute Gasteiger partial charge is 0.0853 e. The number of aromatic nitrogens is 2. The van der Waals surface area contributed by atoms with Crippen LogP contribution in [0, 0.1) is 6.92 Å². The van der Waals surface area contributed by atoms with Gasteiger partial charge in [-0.2, -0.15) is 5.10 Å². The highest BCUT2D eigenvalue weighted by molar-refractivity contribution is 5.49. The fourth-order valence-electron chi connectivity index (χ4n) is 2.30. The topological polar surface area (TPSA) is 29.9 Å². The molecule has 18 heavy (non-hydrogen) atoms. The van der Waals surface area contributed by atoms with Crippen LogP contribution < -0.4 is 5.32 Å². The molecule has 1 aromatic carbocycles. The van der Waals surface area contributed by atoms with Gasteiger partial charge in [-0.3, -0.25) is 4.68 Å². The molecule has 0 saturated carbocycles. The van der Waals surface area contributed by atoms with Crippen LogP contribution in [0.25, 0.3) is 0 Å². The van der Waals surface area contributed by atoms with Gasteiger partial charge in [0.25, 0.3) is 0 Å². The van der Waals surface area contributed by atoms with Gasteiger partial charge in [0.15, 0.2) is 0 Å². The minimum Gasteiger partial charge on any atom is -0.376 e. The summed E-state index contributed by atoms with van der Waals surface area (Å²) in [5.74, 6) is 0. The second-order valence-electron chi connectivity index (χ2n) is 4.74.